The second kappa shape index (κ2) is 14.1. The van der Waals surface area contributed by atoms with Crippen LogP contribution in [0.3, 0.4) is 0 Å². The average molecular weight is 244 g/mol. The molecule has 0 fully saturated rings. The molecule has 0 heterocycles. The molecule has 0 rings (SSSR count). The van der Waals surface area contributed by atoms with E-state index < -0.39 is 7.37 Å². The van der Waals surface area contributed by atoms with Gasteiger partial charge in [-0.25, -0.2) is 0 Å². The van der Waals surface area contributed by atoms with Crippen LogP contribution in [0.5, 0.6) is 0 Å². The van der Waals surface area contributed by atoms with Gasteiger partial charge in [0, 0.05) is 27.5 Å². The third kappa shape index (κ3) is 40.9. The van der Waals surface area contributed by atoms with Crippen LogP contribution in [0.4, 0.5) is 0 Å². The van der Waals surface area contributed by atoms with E-state index in [0.717, 1.165) is 0 Å². The Balaban J connectivity index is -0.0000000718. The Morgan fingerprint density at radius 3 is 1.53 bits per heavy atom. The lowest BCUT2D eigenvalue weighted by Gasteiger charge is -2.03. The second-order valence-electron chi connectivity index (χ2n) is 3.06. The summed E-state index contributed by atoms with van der Waals surface area (Å²) in [5, 5.41) is 0. The molecule has 0 spiro atoms. The van der Waals surface area contributed by atoms with E-state index in [9.17, 15) is 4.57 Å². The molecule has 0 saturated heterocycles. The van der Waals surface area contributed by atoms with E-state index in [2.05, 4.69) is 9.26 Å². The van der Waals surface area contributed by atoms with Gasteiger partial charge >= 0.3 is 0 Å². The van der Waals surface area contributed by atoms with Crippen molar-refractivity contribution >= 4 is 7.37 Å². The first-order valence-electron chi connectivity index (χ1n) is 4.04. The summed E-state index contributed by atoms with van der Waals surface area (Å²) in [7, 11) is 0.912. The molecule has 0 atom stereocenters. The van der Waals surface area contributed by atoms with Crippen molar-refractivity contribution in [1.82, 2.24) is 0 Å². The van der Waals surface area contributed by atoms with Crippen LogP contribution >= 0.6 is 7.37 Å². The molecule has 0 saturated carbocycles. The zero-order chi connectivity index (χ0) is 10.9. The largest absolute Gasteiger partial charge is 0.359 e. The molecule has 0 aromatic rings. The molecule has 15 heavy (non-hydrogen) atoms. The minimum Gasteiger partial charge on any atom is -0.359 e. The maximum atomic E-state index is 10.4. The zero-order valence-electron chi connectivity index (χ0n) is 9.36. The number of hydrogen-bond donors (Lipinski definition) is 0. The van der Waals surface area contributed by atoms with Gasteiger partial charge in [0.2, 0.25) is 0 Å². The predicted octanol–water partition coefficient (Wildman–Crippen LogP) is 3.46. The molecule has 4 nitrogen and oxygen atoms in total. The summed E-state index contributed by atoms with van der Waals surface area (Å²) in [5.74, 6) is 0. The van der Waals surface area contributed by atoms with Gasteiger partial charge < -0.3 is 14.0 Å². The highest BCUT2D eigenvalue weighted by molar-refractivity contribution is 7.57. The molecule has 0 unspecified atom stereocenters. The molecule has 0 aromatic heterocycles. The summed E-state index contributed by atoms with van der Waals surface area (Å²) in [5.41, 5.74) is 0. The van der Waals surface area contributed by atoms with E-state index in [0.29, 0.717) is 6.79 Å². The van der Waals surface area contributed by atoms with E-state index in [1.807, 2.05) is 13.8 Å². The molecule has 0 aliphatic heterocycles. The topological polar surface area (TPSA) is 44.8 Å². The Labute approximate surface area is 95.8 Å². The number of rotatable bonds is 4. The van der Waals surface area contributed by atoms with E-state index in [1.54, 1.807) is 20.4 Å². The van der Waals surface area contributed by atoms with Crippen molar-refractivity contribution in [2.75, 3.05) is 34.3 Å². The van der Waals surface area contributed by atoms with Crippen molar-refractivity contribution in [3.63, 3.8) is 0 Å². The first kappa shape index (κ1) is 24.4. The molecule has 0 bridgehead atoms. The molecule has 98 valence electrons. The molecule has 0 aromatic carbocycles. The van der Waals surface area contributed by atoms with Crippen molar-refractivity contribution in [3.05, 3.63) is 0 Å². The van der Waals surface area contributed by atoms with Crippen LogP contribution in [0.1, 0.15) is 28.7 Å². The second-order valence-corrected chi connectivity index (χ2v) is 5.93. The fraction of sp³-hybridized carbons (Fsp3) is 1.00. The summed E-state index contributed by atoms with van der Waals surface area (Å²) >= 11 is 0. The van der Waals surface area contributed by atoms with Crippen LogP contribution in [0.2, 0.25) is 0 Å². The lowest BCUT2D eigenvalue weighted by molar-refractivity contribution is -0.0587. The fourth-order valence-electron chi connectivity index (χ4n) is 0.204. The van der Waals surface area contributed by atoms with Gasteiger partial charge in [-0.1, -0.05) is 14.9 Å². The van der Waals surface area contributed by atoms with E-state index in [-0.39, 0.29) is 21.0 Å². The molecule has 5 heteroatoms. The minimum absolute atomic E-state index is 0. The Morgan fingerprint density at radius 1 is 1.13 bits per heavy atom. The van der Waals surface area contributed by atoms with Gasteiger partial charge in [-0.2, -0.15) is 0 Å². The SMILES string of the molecule is C.C.COCOC(C)C.COP(C)(C)=O. The van der Waals surface area contributed by atoms with Crippen molar-refractivity contribution in [1.29, 1.82) is 0 Å². The molecular weight excluding hydrogens is 215 g/mol. The summed E-state index contributed by atoms with van der Waals surface area (Å²) in [6, 6.07) is 0. The first-order chi connectivity index (χ1) is 5.83. The summed E-state index contributed by atoms with van der Waals surface area (Å²) in [4.78, 5) is 0. The molecule has 0 aliphatic rings. The van der Waals surface area contributed by atoms with Crippen LogP contribution < -0.4 is 0 Å². The van der Waals surface area contributed by atoms with Gasteiger partial charge in [0.15, 0.2) is 7.37 Å². The molecule has 0 radical (unpaired) electrons. The summed E-state index contributed by atoms with van der Waals surface area (Å²) in [6.07, 6.45) is 0.278. The highest BCUT2D eigenvalue weighted by Gasteiger charge is 1.99. The Kier molecular flexibility index (Phi) is 22.9. The van der Waals surface area contributed by atoms with Crippen molar-refractivity contribution in [2.45, 2.75) is 34.8 Å². The third-order valence-corrected chi connectivity index (χ3v) is 1.84. The Bertz CT molecular complexity index is 142. The summed E-state index contributed by atoms with van der Waals surface area (Å²) < 4.78 is 24.5. The first-order valence-corrected chi connectivity index (χ1v) is 6.56. The minimum atomic E-state index is -2.15. The van der Waals surface area contributed by atoms with Crippen LogP contribution in [-0.4, -0.2) is 40.4 Å². The van der Waals surface area contributed by atoms with Crippen LogP contribution in [0.25, 0.3) is 0 Å². The maximum Gasteiger partial charge on any atom is 0.196 e. The predicted molar refractivity (Wildman–Crippen MR) is 68.0 cm³/mol. The standard InChI is InChI=1S/C5H12O2.C3H9O2P.2CH4/c1-5(2)7-4-6-3;1-5-6(2,3)4;;/h5H,4H2,1-3H3;1-3H3;2*1H4. The van der Waals surface area contributed by atoms with E-state index in [1.165, 1.54) is 7.11 Å². The van der Waals surface area contributed by atoms with Gasteiger partial charge in [-0.15, -0.1) is 0 Å². The zero-order valence-corrected chi connectivity index (χ0v) is 10.3. The van der Waals surface area contributed by atoms with Crippen molar-refractivity contribution < 1.29 is 18.6 Å². The van der Waals surface area contributed by atoms with Gasteiger partial charge in [0.1, 0.15) is 6.79 Å². The van der Waals surface area contributed by atoms with E-state index in [4.69, 9.17) is 4.74 Å². The molecule has 0 N–H and O–H groups in total. The smallest absolute Gasteiger partial charge is 0.196 e. The maximum absolute atomic E-state index is 10.4. The van der Waals surface area contributed by atoms with Gasteiger partial charge in [-0.05, 0) is 13.8 Å². The number of ether oxygens (including phenoxy) is 2. The van der Waals surface area contributed by atoms with Crippen LogP contribution in [-0.2, 0) is 18.6 Å². The monoisotopic (exact) mass is 244 g/mol. The summed E-state index contributed by atoms with van der Waals surface area (Å²) in [6.45, 7) is 7.50. The van der Waals surface area contributed by atoms with Gasteiger partial charge in [0.25, 0.3) is 0 Å². The molecular formula is C10H29O4P. The normalized spacial score (nSPS) is 9.53. The van der Waals surface area contributed by atoms with E-state index >= 15 is 0 Å². The molecule has 0 amide bonds. The highest BCUT2D eigenvalue weighted by Crippen LogP contribution is 2.35. The van der Waals surface area contributed by atoms with Gasteiger partial charge in [-0.3, -0.25) is 4.57 Å². The Hall–Kier alpha value is 0.110. The fourth-order valence-corrected chi connectivity index (χ4v) is 0.204. The average Bonchev–Trinajstić information content (AvgIpc) is 2.01. The highest BCUT2D eigenvalue weighted by atomic mass is 31.2. The van der Waals surface area contributed by atoms with Crippen molar-refractivity contribution in [2.24, 2.45) is 0 Å². The van der Waals surface area contributed by atoms with Crippen molar-refractivity contribution in [3.8, 4) is 0 Å². The van der Waals surface area contributed by atoms with Gasteiger partial charge in [0.05, 0.1) is 6.10 Å². The number of hydrogen-bond acceptors (Lipinski definition) is 4. The lowest BCUT2D eigenvalue weighted by Crippen LogP contribution is -2.04. The Morgan fingerprint density at radius 2 is 1.47 bits per heavy atom. The number of methoxy groups -OCH3 is 1. The third-order valence-electron chi connectivity index (χ3n) is 0.959. The quantitative estimate of drug-likeness (QED) is 0.561. The van der Waals surface area contributed by atoms with Crippen LogP contribution in [0, 0.1) is 0 Å². The lowest BCUT2D eigenvalue weighted by atomic mass is 10.5. The molecule has 0 aliphatic carbocycles. The van der Waals surface area contributed by atoms with Crippen LogP contribution in [0.15, 0.2) is 0 Å².